The van der Waals surface area contributed by atoms with Crippen molar-refractivity contribution in [2.75, 3.05) is 46.4 Å². The van der Waals surface area contributed by atoms with Gasteiger partial charge in [0.15, 0.2) is 11.5 Å². The van der Waals surface area contributed by atoms with Gasteiger partial charge >= 0.3 is 0 Å². The Kier molecular flexibility index (Phi) is 6.52. The molecule has 0 saturated carbocycles. The predicted molar refractivity (Wildman–Crippen MR) is 84.4 cm³/mol. The SMILES string of the molecule is C[N+]1(CCNC(=O)c2ccc3c(c2)OCCO3)CCCCC1.[I-]. The van der Waals surface area contributed by atoms with Crippen LogP contribution >= 0.6 is 0 Å². The number of piperidine rings is 1. The van der Waals surface area contributed by atoms with Gasteiger partial charge in [-0.15, -0.1) is 0 Å². The fourth-order valence-electron chi connectivity index (χ4n) is 3.23. The lowest BCUT2D eigenvalue weighted by Crippen LogP contribution is -3.00. The molecule has 1 aromatic carbocycles. The van der Waals surface area contributed by atoms with E-state index in [2.05, 4.69) is 12.4 Å². The molecule has 3 rings (SSSR count). The highest BCUT2D eigenvalue weighted by Crippen LogP contribution is 2.30. The van der Waals surface area contributed by atoms with E-state index >= 15 is 0 Å². The number of likely N-dealkylation sites (N-methyl/N-ethyl adjacent to an activating group) is 1. The van der Waals surface area contributed by atoms with Gasteiger partial charge in [-0.3, -0.25) is 4.79 Å². The molecule has 0 atom stereocenters. The van der Waals surface area contributed by atoms with E-state index in [4.69, 9.17) is 9.47 Å². The average molecular weight is 432 g/mol. The van der Waals surface area contributed by atoms with Crippen LogP contribution in [0.2, 0.25) is 0 Å². The average Bonchev–Trinajstić information content (AvgIpc) is 2.55. The number of quaternary nitrogens is 1. The van der Waals surface area contributed by atoms with Gasteiger partial charge in [-0.2, -0.15) is 0 Å². The summed E-state index contributed by atoms with van der Waals surface area (Å²) in [5.74, 6) is 1.34. The summed E-state index contributed by atoms with van der Waals surface area (Å²) in [6, 6.07) is 5.36. The van der Waals surface area contributed by atoms with Crippen molar-refractivity contribution in [2.45, 2.75) is 19.3 Å². The Balaban J connectivity index is 0.00000192. The number of rotatable bonds is 4. The van der Waals surface area contributed by atoms with Crippen LogP contribution in [0, 0.1) is 0 Å². The van der Waals surface area contributed by atoms with Crippen molar-refractivity contribution < 1.29 is 42.7 Å². The zero-order valence-electron chi connectivity index (χ0n) is 13.6. The van der Waals surface area contributed by atoms with Gasteiger partial charge in [-0.25, -0.2) is 0 Å². The minimum atomic E-state index is -0.0411. The van der Waals surface area contributed by atoms with Crippen molar-refractivity contribution in [3.63, 3.8) is 0 Å². The number of hydrogen-bond donors (Lipinski definition) is 1. The highest BCUT2D eigenvalue weighted by molar-refractivity contribution is 5.94. The molecule has 0 spiro atoms. The molecular weight excluding hydrogens is 407 g/mol. The fraction of sp³-hybridized carbons (Fsp3) is 0.588. The summed E-state index contributed by atoms with van der Waals surface area (Å²) in [6.45, 7) is 5.25. The zero-order chi connectivity index (χ0) is 15.4. The Morgan fingerprint density at radius 2 is 1.83 bits per heavy atom. The van der Waals surface area contributed by atoms with Crippen molar-refractivity contribution >= 4 is 5.91 Å². The van der Waals surface area contributed by atoms with Crippen LogP contribution in [0.1, 0.15) is 29.6 Å². The molecule has 1 saturated heterocycles. The molecule has 1 fully saturated rings. The maximum Gasteiger partial charge on any atom is 0.251 e. The molecule has 0 aliphatic carbocycles. The number of amides is 1. The molecule has 2 aliphatic heterocycles. The van der Waals surface area contributed by atoms with Crippen molar-refractivity contribution in [1.29, 1.82) is 0 Å². The highest BCUT2D eigenvalue weighted by atomic mass is 127. The number of ether oxygens (including phenoxy) is 2. The zero-order valence-corrected chi connectivity index (χ0v) is 15.8. The van der Waals surface area contributed by atoms with Crippen molar-refractivity contribution in [2.24, 2.45) is 0 Å². The molecule has 1 amide bonds. The lowest BCUT2D eigenvalue weighted by molar-refractivity contribution is -0.912. The van der Waals surface area contributed by atoms with Gasteiger partial charge in [0, 0.05) is 5.56 Å². The quantitative estimate of drug-likeness (QED) is 0.482. The fourth-order valence-corrected chi connectivity index (χ4v) is 3.23. The Hall–Kier alpha value is -1.02. The predicted octanol–water partition coefficient (Wildman–Crippen LogP) is -1.18. The van der Waals surface area contributed by atoms with Crippen molar-refractivity contribution in [1.82, 2.24) is 5.32 Å². The molecule has 5 nitrogen and oxygen atoms in total. The maximum absolute atomic E-state index is 12.3. The van der Waals surface area contributed by atoms with E-state index in [-0.39, 0.29) is 29.9 Å². The van der Waals surface area contributed by atoms with Crippen LogP contribution in [0.15, 0.2) is 18.2 Å². The lowest BCUT2D eigenvalue weighted by Gasteiger charge is -2.37. The lowest BCUT2D eigenvalue weighted by atomic mass is 10.1. The first-order valence-electron chi connectivity index (χ1n) is 8.18. The van der Waals surface area contributed by atoms with E-state index in [1.807, 2.05) is 6.07 Å². The number of nitrogens with one attached hydrogen (secondary N) is 1. The van der Waals surface area contributed by atoms with E-state index in [0.29, 0.717) is 36.8 Å². The largest absolute Gasteiger partial charge is 1.00 e. The number of halogens is 1. The van der Waals surface area contributed by atoms with Gasteiger partial charge in [0.25, 0.3) is 5.91 Å². The summed E-state index contributed by atoms with van der Waals surface area (Å²) in [5.41, 5.74) is 0.630. The minimum absolute atomic E-state index is 0. The molecule has 1 aromatic rings. The Labute approximate surface area is 154 Å². The number of carbonyl (C=O) groups is 1. The summed E-state index contributed by atoms with van der Waals surface area (Å²) >= 11 is 0. The summed E-state index contributed by atoms with van der Waals surface area (Å²) in [6.07, 6.45) is 3.94. The molecule has 2 heterocycles. The van der Waals surface area contributed by atoms with E-state index in [1.165, 1.54) is 32.4 Å². The Morgan fingerprint density at radius 1 is 1.13 bits per heavy atom. The smallest absolute Gasteiger partial charge is 0.251 e. The Morgan fingerprint density at radius 3 is 2.57 bits per heavy atom. The van der Waals surface area contributed by atoms with E-state index in [1.54, 1.807) is 12.1 Å². The molecule has 1 N–H and O–H groups in total. The van der Waals surface area contributed by atoms with Gasteiger partial charge in [-0.1, -0.05) is 0 Å². The second-order valence-corrected chi connectivity index (χ2v) is 6.47. The van der Waals surface area contributed by atoms with Gasteiger partial charge < -0.3 is 43.3 Å². The number of hydrogen-bond acceptors (Lipinski definition) is 3. The van der Waals surface area contributed by atoms with Gasteiger partial charge in [-0.05, 0) is 37.5 Å². The number of likely N-dealkylation sites (tertiary alicyclic amines) is 1. The van der Waals surface area contributed by atoms with E-state index in [0.717, 1.165) is 11.0 Å². The summed E-state index contributed by atoms with van der Waals surface area (Å²) in [4.78, 5) is 12.3. The molecule has 0 bridgehead atoms. The second-order valence-electron chi connectivity index (χ2n) is 6.47. The van der Waals surface area contributed by atoms with Crippen LogP contribution in [-0.2, 0) is 0 Å². The first kappa shape index (κ1) is 18.3. The normalized spacial score (nSPS) is 18.7. The van der Waals surface area contributed by atoms with Crippen LogP contribution in [0.5, 0.6) is 11.5 Å². The summed E-state index contributed by atoms with van der Waals surface area (Å²) in [5, 5.41) is 3.03. The van der Waals surface area contributed by atoms with Crippen molar-refractivity contribution in [3.8, 4) is 11.5 Å². The summed E-state index contributed by atoms with van der Waals surface area (Å²) < 4.78 is 12.1. The summed E-state index contributed by atoms with van der Waals surface area (Å²) in [7, 11) is 2.29. The molecular formula is C17H25IN2O3. The molecule has 23 heavy (non-hydrogen) atoms. The molecule has 0 unspecified atom stereocenters. The third-order valence-corrected chi connectivity index (χ3v) is 4.64. The van der Waals surface area contributed by atoms with Crippen molar-refractivity contribution in [3.05, 3.63) is 23.8 Å². The van der Waals surface area contributed by atoms with Crippen LogP contribution in [-0.4, -0.2) is 56.8 Å². The van der Waals surface area contributed by atoms with Crippen LogP contribution < -0.4 is 38.8 Å². The maximum atomic E-state index is 12.3. The van der Waals surface area contributed by atoms with Gasteiger partial charge in [0.2, 0.25) is 0 Å². The topological polar surface area (TPSA) is 47.6 Å². The number of nitrogens with zero attached hydrogens (tertiary/aromatic N) is 1. The van der Waals surface area contributed by atoms with E-state index in [9.17, 15) is 4.79 Å². The molecule has 128 valence electrons. The standard InChI is InChI=1S/C17H24N2O3.HI/c1-19(8-3-2-4-9-19)10-7-18-17(20)14-5-6-15-16(13-14)22-12-11-21-15;/h5-6,13H,2-4,7-12H2,1H3;1H. The number of carbonyl (C=O) groups excluding carboxylic acids is 1. The van der Waals surface area contributed by atoms with Crippen LogP contribution in [0.25, 0.3) is 0 Å². The second kappa shape index (κ2) is 8.19. The highest BCUT2D eigenvalue weighted by Gasteiger charge is 2.24. The molecule has 0 aromatic heterocycles. The van der Waals surface area contributed by atoms with Gasteiger partial charge in [0.05, 0.1) is 33.2 Å². The molecule has 0 radical (unpaired) electrons. The van der Waals surface area contributed by atoms with Crippen LogP contribution in [0.4, 0.5) is 0 Å². The van der Waals surface area contributed by atoms with Crippen LogP contribution in [0.3, 0.4) is 0 Å². The third kappa shape index (κ3) is 4.73. The monoisotopic (exact) mass is 432 g/mol. The number of benzene rings is 1. The molecule has 6 heteroatoms. The molecule has 2 aliphatic rings. The van der Waals surface area contributed by atoms with E-state index < -0.39 is 0 Å². The van der Waals surface area contributed by atoms with Gasteiger partial charge in [0.1, 0.15) is 13.2 Å². The first-order chi connectivity index (χ1) is 10.7. The first-order valence-corrected chi connectivity index (χ1v) is 8.18. The minimum Gasteiger partial charge on any atom is -1.00 e. The number of fused-ring (bicyclic) bond motifs is 1. The third-order valence-electron chi connectivity index (χ3n) is 4.64. The Bertz CT molecular complexity index is 545.